The predicted octanol–water partition coefficient (Wildman–Crippen LogP) is 5.25. The van der Waals surface area contributed by atoms with Gasteiger partial charge in [-0.15, -0.1) is 18.2 Å². The van der Waals surface area contributed by atoms with Crippen molar-refractivity contribution in [2.75, 3.05) is 0 Å². The van der Waals surface area contributed by atoms with Crippen molar-refractivity contribution in [1.29, 1.82) is 0 Å². The van der Waals surface area contributed by atoms with Gasteiger partial charge in [-0.05, 0) is 25.0 Å². The van der Waals surface area contributed by atoms with Gasteiger partial charge in [-0.25, -0.2) is 4.98 Å². The number of hydrogen-bond donors (Lipinski definition) is 1. The number of para-hydroxylation sites is 1. The zero-order valence-electron chi connectivity index (χ0n) is 16.9. The summed E-state index contributed by atoms with van der Waals surface area (Å²) in [4.78, 5) is 9.26. The first-order chi connectivity index (χ1) is 14.0. The monoisotopic (exact) mass is 582 g/mol. The Kier molecular flexibility index (Phi) is 5.59. The molecule has 5 nitrogen and oxygen atoms in total. The van der Waals surface area contributed by atoms with E-state index in [1.54, 1.807) is 18.2 Å². The smallest absolute Gasteiger partial charge is 0.217 e. The Morgan fingerprint density at radius 2 is 1.97 bits per heavy atom. The van der Waals surface area contributed by atoms with Crippen LogP contribution in [0.2, 0.25) is 0 Å². The number of ether oxygens (including phenoxy) is 2. The Labute approximate surface area is 190 Å². The van der Waals surface area contributed by atoms with E-state index in [0.717, 1.165) is 23.8 Å². The van der Waals surface area contributed by atoms with Crippen LogP contribution in [0.1, 0.15) is 38.7 Å². The molecule has 1 fully saturated rings. The number of phenols is 1. The van der Waals surface area contributed by atoms with Crippen LogP contribution in [0.5, 0.6) is 17.4 Å². The third-order valence-corrected chi connectivity index (χ3v) is 5.85. The first kappa shape index (κ1) is 20.9. The maximum Gasteiger partial charge on any atom is 0.217 e. The molecule has 158 valence electrons. The number of rotatable bonds is 3. The second kappa shape index (κ2) is 8.03. The van der Waals surface area contributed by atoms with Crippen molar-refractivity contribution in [2.24, 2.45) is 10.4 Å². The van der Waals surface area contributed by atoms with Crippen molar-refractivity contribution >= 4 is 16.8 Å². The summed E-state index contributed by atoms with van der Waals surface area (Å²) >= 11 is 0. The average molecular weight is 583 g/mol. The largest absolute Gasteiger partial charge is 0.514 e. The van der Waals surface area contributed by atoms with Gasteiger partial charge >= 0.3 is 0 Å². The number of nitrogens with zero attached hydrogens (tertiary/aromatic N) is 2. The molecule has 6 heteroatoms. The van der Waals surface area contributed by atoms with Crippen LogP contribution in [0.25, 0.3) is 10.9 Å². The number of pyridine rings is 1. The van der Waals surface area contributed by atoms with Crippen molar-refractivity contribution < 1.29 is 35.6 Å². The van der Waals surface area contributed by atoms with Crippen LogP contribution >= 0.6 is 0 Å². The second-order valence-electron chi connectivity index (χ2n) is 8.45. The van der Waals surface area contributed by atoms with Gasteiger partial charge in [-0.3, -0.25) is 4.99 Å². The van der Waals surface area contributed by atoms with Gasteiger partial charge in [-0.2, -0.15) is 0 Å². The molecule has 0 radical (unpaired) electrons. The summed E-state index contributed by atoms with van der Waals surface area (Å²) < 4.78 is 12.2. The van der Waals surface area contributed by atoms with Crippen LogP contribution in [-0.2, 0) is 25.8 Å². The number of fused-ring (bicyclic) bond motifs is 2. The van der Waals surface area contributed by atoms with Gasteiger partial charge in [0.05, 0.1) is 6.04 Å². The van der Waals surface area contributed by atoms with Crippen molar-refractivity contribution in [2.45, 2.75) is 45.3 Å². The number of aliphatic imine (C=N–C) groups is 1. The minimum absolute atomic E-state index is 0. The normalized spacial score (nSPS) is 21.9. The maximum atomic E-state index is 10.0. The van der Waals surface area contributed by atoms with E-state index in [1.807, 2.05) is 30.3 Å². The second-order valence-corrected chi connectivity index (χ2v) is 8.45. The summed E-state index contributed by atoms with van der Waals surface area (Å²) in [6.45, 7) is 4.51. The van der Waals surface area contributed by atoms with Gasteiger partial charge in [0.1, 0.15) is 23.3 Å². The van der Waals surface area contributed by atoms with E-state index in [4.69, 9.17) is 14.5 Å². The van der Waals surface area contributed by atoms with E-state index in [0.29, 0.717) is 23.0 Å². The van der Waals surface area contributed by atoms with Crippen LogP contribution < -0.4 is 4.74 Å². The van der Waals surface area contributed by atoms with Crippen LogP contribution in [0.4, 0.5) is 0 Å². The zero-order chi connectivity index (χ0) is 20.0. The van der Waals surface area contributed by atoms with Crippen molar-refractivity contribution in [3.05, 3.63) is 60.2 Å². The molecule has 5 rings (SSSR count). The van der Waals surface area contributed by atoms with Crippen molar-refractivity contribution in [1.82, 2.24) is 4.98 Å². The third-order valence-electron chi connectivity index (χ3n) is 5.85. The van der Waals surface area contributed by atoms with Crippen LogP contribution in [-0.4, -0.2) is 28.1 Å². The molecule has 1 N–H and O–H groups in total. The third kappa shape index (κ3) is 3.83. The number of hydrogen-bond acceptors (Lipinski definition) is 5. The SMILES string of the molecule is CC1(C)CCC[C@@H]2N=C(c3[c-]c(Oc4ccc5cccc(O)c5n4)ccc3)O[C@H]21.[Pt]. The molecular formula is C24H23N2O3Pt-. The van der Waals surface area contributed by atoms with E-state index >= 15 is 0 Å². The summed E-state index contributed by atoms with van der Waals surface area (Å²) in [7, 11) is 0. The number of aromatic hydroxyl groups is 1. The molecule has 2 aliphatic rings. The Balaban J connectivity index is 0.00000218. The first-order valence-electron chi connectivity index (χ1n) is 10.0. The van der Waals surface area contributed by atoms with E-state index < -0.39 is 0 Å². The van der Waals surface area contributed by atoms with Gasteiger partial charge in [0, 0.05) is 43.7 Å². The number of aromatic nitrogens is 1. The molecule has 2 atom stereocenters. The summed E-state index contributed by atoms with van der Waals surface area (Å²) in [6.07, 6.45) is 3.53. The molecule has 30 heavy (non-hydrogen) atoms. The van der Waals surface area contributed by atoms with E-state index in [2.05, 4.69) is 24.9 Å². The summed E-state index contributed by atoms with van der Waals surface area (Å²) in [5.41, 5.74) is 1.42. The molecule has 1 aliphatic heterocycles. The molecule has 0 saturated heterocycles. The Morgan fingerprint density at radius 3 is 2.80 bits per heavy atom. The van der Waals surface area contributed by atoms with E-state index in [-0.39, 0.29) is 44.4 Å². The van der Waals surface area contributed by atoms with Gasteiger partial charge < -0.3 is 14.6 Å². The summed E-state index contributed by atoms with van der Waals surface area (Å²) in [5, 5.41) is 10.9. The van der Waals surface area contributed by atoms with Gasteiger partial charge in [0.25, 0.3) is 0 Å². The molecule has 1 saturated carbocycles. The topological polar surface area (TPSA) is 63.9 Å². The van der Waals surface area contributed by atoms with Crippen molar-refractivity contribution in [3.8, 4) is 17.4 Å². The molecular weight excluding hydrogens is 559 g/mol. The molecule has 0 unspecified atom stereocenters. The fraction of sp³-hybridized carbons (Fsp3) is 0.333. The van der Waals surface area contributed by atoms with Gasteiger partial charge in [-0.1, -0.05) is 44.0 Å². The molecule has 0 spiro atoms. The Morgan fingerprint density at radius 1 is 1.13 bits per heavy atom. The average Bonchev–Trinajstić information content (AvgIpc) is 3.15. The van der Waals surface area contributed by atoms with Crippen molar-refractivity contribution in [3.63, 3.8) is 0 Å². The molecule has 2 aromatic carbocycles. The summed E-state index contributed by atoms with van der Waals surface area (Å²) in [6, 6.07) is 18.1. The maximum absolute atomic E-state index is 10.0. The molecule has 2 heterocycles. The minimum atomic E-state index is 0. The zero-order valence-corrected chi connectivity index (χ0v) is 19.1. The standard InChI is InChI=1S/C24H23N2O3.Pt/c1-24(2)13-5-9-18-22(24)29-23(25-18)16-7-3-8-17(14-16)28-20-12-11-15-6-4-10-19(27)21(15)26-20;/h3-4,6-8,10-12,18,22,27H,5,9,13H2,1-2H3;/q-1;/t18-,22+;/m0./s1. The van der Waals surface area contributed by atoms with Crippen LogP contribution in [0, 0.1) is 11.5 Å². The molecule has 1 aromatic heterocycles. The molecule has 0 bridgehead atoms. The van der Waals surface area contributed by atoms with E-state index in [9.17, 15) is 5.11 Å². The molecule has 3 aromatic rings. The summed E-state index contributed by atoms with van der Waals surface area (Å²) in [5.74, 6) is 1.70. The Hall–Kier alpha value is -2.39. The van der Waals surface area contributed by atoms with E-state index in [1.165, 1.54) is 6.42 Å². The fourth-order valence-corrected chi connectivity index (χ4v) is 4.30. The predicted molar refractivity (Wildman–Crippen MR) is 112 cm³/mol. The van der Waals surface area contributed by atoms with Crippen LogP contribution in [0.3, 0.4) is 0 Å². The van der Waals surface area contributed by atoms with Gasteiger partial charge in [0.15, 0.2) is 0 Å². The minimum Gasteiger partial charge on any atom is -0.514 e. The fourth-order valence-electron chi connectivity index (χ4n) is 4.30. The number of benzene rings is 2. The van der Waals surface area contributed by atoms with Gasteiger partial charge in [0.2, 0.25) is 5.88 Å². The quantitative estimate of drug-likeness (QED) is 0.429. The molecule has 1 aliphatic carbocycles. The number of phenolic OH excluding ortho intramolecular Hbond substituents is 1. The van der Waals surface area contributed by atoms with Crippen LogP contribution in [0.15, 0.2) is 53.5 Å². The first-order valence-corrected chi connectivity index (χ1v) is 10.0. The Bertz CT molecular complexity index is 1110. The molecule has 0 amide bonds.